The van der Waals surface area contributed by atoms with Crippen LogP contribution in [0.25, 0.3) is 0 Å². The number of nitrogens with two attached hydrogens (primary N) is 1. The Kier molecular flexibility index (Phi) is 6.24. The van der Waals surface area contributed by atoms with E-state index in [2.05, 4.69) is 25.8 Å². The van der Waals surface area contributed by atoms with Crippen LogP contribution in [-0.4, -0.2) is 59.8 Å². The van der Waals surface area contributed by atoms with E-state index in [1.807, 2.05) is 13.0 Å². The summed E-state index contributed by atoms with van der Waals surface area (Å²) < 4.78 is 28.0. The fourth-order valence-electron chi connectivity index (χ4n) is 5.34. The summed E-state index contributed by atoms with van der Waals surface area (Å²) in [6.45, 7) is 9.24. The van der Waals surface area contributed by atoms with Crippen molar-refractivity contribution in [2.45, 2.75) is 69.7 Å². The van der Waals surface area contributed by atoms with E-state index in [4.69, 9.17) is 5.73 Å². The van der Waals surface area contributed by atoms with Crippen molar-refractivity contribution in [1.82, 2.24) is 9.21 Å². The summed E-state index contributed by atoms with van der Waals surface area (Å²) in [5.41, 5.74) is 6.26. The molecule has 2 aliphatic heterocycles. The molecule has 2 heterocycles. The Morgan fingerprint density at radius 2 is 1.91 bits per heavy atom. The summed E-state index contributed by atoms with van der Waals surface area (Å²) in [5, 5.41) is 10.3. The van der Waals surface area contributed by atoms with Gasteiger partial charge in [0.25, 0.3) is 5.91 Å². The van der Waals surface area contributed by atoms with Gasteiger partial charge in [-0.25, -0.2) is 13.4 Å². The second kappa shape index (κ2) is 8.58. The van der Waals surface area contributed by atoms with Gasteiger partial charge in [-0.3, -0.25) is 9.69 Å². The first kappa shape index (κ1) is 24.0. The third-order valence-electron chi connectivity index (χ3n) is 7.30. The van der Waals surface area contributed by atoms with Crippen molar-refractivity contribution in [2.75, 3.05) is 19.6 Å². The standard InChI is InChI=1S/C24H36N4O4S/c1-15(2)13-24(4)22(30)28(23(25)26-24)14-17-7-9-27(10-8-17)33(31,32)21-12-18(5-6-20(21)29)19-11-16(19)3/h5-6,12,15-17,19,29H,7-11,13-14H2,1-4H3,(H2,25,26)/t16-,19?,24?/m0/s1. The first-order valence-corrected chi connectivity index (χ1v) is 13.4. The SMILES string of the molecule is CC(C)CC1(C)N=C(N)N(CC2CCN(S(=O)(=O)c3cc(C4C[C@@H]4C)ccc3O)CC2)C1=O. The lowest BCUT2D eigenvalue weighted by Crippen LogP contribution is -2.47. The molecule has 3 N–H and O–H groups in total. The minimum atomic E-state index is -3.79. The monoisotopic (exact) mass is 476 g/mol. The average molecular weight is 477 g/mol. The molecule has 3 atom stereocenters. The molecule has 1 aromatic carbocycles. The van der Waals surface area contributed by atoms with E-state index in [-0.39, 0.29) is 28.4 Å². The Labute approximate surface area is 196 Å². The Morgan fingerprint density at radius 3 is 2.48 bits per heavy atom. The molecule has 0 radical (unpaired) electrons. The lowest BCUT2D eigenvalue weighted by atomic mass is 9.90. The highest BCUT2D eigenvalue weighted by atomic mass is 32.2. The number of phenols is 1. The number of hydrogen-bond donors (Lipinski definition) is 2. The Bertz CT molecular complexity index is 1060. The van der Waals surface area contributed by atoms with Gasteiger partial charge in [0.05, 0.1) is 0 Å². The number of aromatic hydroxyl groups is 1. The number of carbonyl (C=O) groups excluding carboxylic acids is 1. The van der Waals surface area contributed by atoms with Crippen LogP contribution in [0.3, 0.4) is 0 Å². The van der Waals surface area contributed by atoms with Crippen LogP contribution in [0.1, 0.15) is 64.9 Å². The van der Waals surface area contributed by atoms with Crippen LogP contribution in [0.15, 0.2) is 28.1 Å². The number of nitrogens with zero attached hydrogens (tertiary/aromatic N) is 3. The van der Waals surface area contributed by atoms with Crippen LogP contribution in [0.5, 0.6) is 5.75 Å². The Hall–Kier alpha value is -2.13. The van der Waals surface area contributed by atoms with Gasteiger partial charge < -0.3 is 10.8 Å². The normalized spacial score (nSPS) is 29.1. The minimum Gasteiger partial charge on any atom is -0.507 e. The van der Waals surface area contributed by atoms with Gasteiger partial charge in [0.1, 0.15) is 16.2 Å². The molecule has 1 saturated carbocycles. The van der Waals surface area contributed by atoms with E-state index in [0.717, 1.165) is 12.0 Å². The average Bonchev–Trinajstić information content (AvgIpc) is 3.43. The van der Waals surface area contributed by atoms with Crippen molar-refractivity contribution in [1.29, 1.82) is 0 Å². The molecule has 8 nitrogen and oxygen atoms in total. The molecular formula is C24H36N4O4S. The maximum atomic E-state index is 13.3. The second-order valence-corrected chi connectivity index (χ2v) is 12.6. The zero-order valence-electron chi connectivity index (χ0n) is 20.0. The third-order valence-corrected chi connectivity index (χ3v) is 9.23. The molecule has 2 fully saturated rings. The van der Waals surface area contributed by atoms with Crippen molar-refractivity contribution >= 4 is 21.9 Å². The minimum absolute atomic E-state index is 0.00639. The lowest BCUT2D eigenvalue weighted by molar-refractivity contribution is -0.131. The van der Waals surface area contributed by atoms with Crippen molar-refractivity contribution in [2.24, 2.45) is 28.5 Å². The summed E-state index contributed by atoms with van der Waals surface area (Å²) >= 11 is 0. The maximum Gasteiger partial charge on any atom is 0.257 e. The largest absolute Gasteiger partial charge is 0.507 e. The third kappa shape index (κ3) is 4.62. The van der Waals surface area contributed by atoms with Crippen molar-refractivity contribution in [3.63, 3.8) is 0 Å². The number of aliphatic imine (C=N–C) groups is 1. The summed E-state index contributed by atoms with van der Waals surface area (Å²) in [6.07, 6.45) is 2.93. The summed E-state index contributed by atoms with van der Waals surface area (Å²) in [5.74, 6) is 1.37. The molecule has 1 saturated heterocycles. The first-order valence-electron chi connectivity index (χ1n) is 11.9. The molecule has 0 bridgehead atoms. The molecule has 4 rings (SSSR count). The topological polar surface area (TPSA) is 116 Å². The number of benzene rings is 1. The predicted octanol–water partition coefficient (Wildman–Crippen LogP) is 2.88. The Balaban J connectivity index is 1.40. The molecule has 1 aliphatic carbocycles. The van der Waals surface area contributed by atoms with Gasteiger partial charge in [0.15, 0.2) is 5.96 Å². The van der Waals surface area contributed by atoms with Crippen LogP contribution in [-0.2, 0) is 14.8 Å². The Morgan fingerprint density at radius 1 is 1.27 bits per heavy atom. The van der Waals surface area contributed by atoms with Crippen molar-refractivity contribution in [3.8, 4) is 5.75 Å². The molecule has 0 spiro atoms. The van der Waals surface area contributed by atoms with Crippen molar-refractivity contribution < 1.29 is 18.3 Å². The van der Waals surface area contributed by atoms with Gasteiger partial charge in [-0.05, 0) is 74.0 Å². The van der Waals surface area contributed by atoms with Crippen molar-refractivity contribution in [3.05, 3.63) is 23.8 Å². The predicted molar refractivity (Wildman–Crippen MR) is 127 cm³/mol. The fourth-order valence-corrected chi connectivity index (χ4v) is 6.93. The number of sulfonamides is 1. The number of rotatable bonds is 7. The zero-order valence-corrected chi connectivity index (χ0v) is 20.8. The van der Waals surface area contributed by atoms with Crippen LogP contribution >= 0.6 is 0 Å². The molecule has 0 aromatic heterocycles. The fraction of sp³-hybridized carbons (Fsp3) is 0.667. The molecule has 3 aliphatic rings. The van der Waals surface area contributed by atoms with Crippen LogP contribution < -0.4 is 5.73 Å². The highest BCUT2D eigenvalue weighted by molar-refractivity contribution is 7.89. The van der Waals surface area contributed by atoms with Gasteiger partial charge >= 0.3 is 0 Å². The first-order chi connectivity index (χ1) is 15.4. The molecule has 1 amide bonds. The second-order valence-electron chi connectivity index (χ2n) is 10.7. The summed E-state index contributed by atoms with van der Waals surface area (Å²) in [7, 11) is -3.79. The van der Waals surface area contributed by atoms with Gasteiger partial charge in [-0.1, -0.05) is 26.8 Å². The van der Waals surface area contributed by atoms with E-state index in [9.17, 15) is 18.3 Å². The van der Waals surface area contributed by atoms with E-state index in [0.29, 0.717) is 56.7 Å². The van der Waals surface area contributed by atoms with Gasteiger partial charge in [0.2, 0.25) is 10.0 Å². The number of carbonyl (C=O) groups is 1. The number of amides is 1. The highest BCUT2D eigenvalue weighted by Gasteiger charge is 2.45. The van der Waals surface area contributed by atoms with E-state index < -0.39 is 15.6 Å². The summed E-state index contributed by atoms with van der Waals surface area (Å²) in [4.78, 5) is 19.0. The molecule has 9 heteroatoms. The molecule has 182 valence electrons. The number of guanidine groups is 1. The lowest BCUT2D eigenvalue weighted by Gasteiger charge is -2.33. The molecular weight excluding hydrogens is 440 g/mol. The summed E-state index contributed by atoms with van der Waals surface area (Å²) in [6, 6.07) is 4.95. The van der Waals surface area contributed by atoms with Crippen LogP contribution in [0.2, 0.25) is 0 Å². The van der Waals surface area contributed by atoms with E-state index in [1.165, 1.54) is 10.4 Å². The van der Waals surface area contributed by atoms with E-state index in [1.54, 1.807) is 11.0 Å². The van der Waals surface area contributed by atoms with Gasteiger partial charge in [-0.15, -0.1) is 0 Å². The highest BCUT2D eigenvalue weighted by Crippen LogP contribution is 2.48. The van der Waals surface area contributed by atoms with Crippen LogP contribution in [0.4, 0.5) is 0 Å². The zero-order chi connectivity index (χ0) is 24.1. The number of hydrogen-bond acceptors (Lipinski definition) is 6. The van der Waals surface area contributed by atoms with Crippen LogP contribution in [0, 0.1) is 17.8 Å². The van der Waals surface area contributed by atoms with E-state index >= 15 is 0 Å². The maximum absolute atomic E-state index is 13.3. The quantitative estimate of drug-likeness (QED) is 0.628. The molecule has 33 heavy (non-hydrogen) atoms. The molecule has 1 aromatic rings. The van der Waals surface area contributed by atoms with Gasteiger partial charge in [-0.2, -0.15) is 4.31 Å². The van der Waals surface area contributed by atoms with Gasteiger partial charge in [0, 0.05) is 19.6 Å². The smallest absolute Gasteiger partial charge is 0.257 e. The number of phenolic OH excluding ortho intramolecular Hbond substituents is 1. The molecule has 2 unspecified atom stereocenters. The number of piperidine rings is 1.